The van der Waals surface area contributed by atoms with Crippen LogP contribution in [0.25, 0.3) is 5.52 Å². The highest BCUT2D eigenvalue weighted by molar-refractivity contribution is 5.49. The maximum atomic E-state index is 5.86. The van der Waals surface area contributed by atoms with Crippen molar-refractivity contribution < 1.29 is 0 Å². The van der Waals surface area contributed by atoms with E-state index >= 15 is 0 Å². The van der Waals surface area contributed by atoms with Crippen molar-refractivity contribution in [2.24, 2.45) is 11.7 Å². The molecule has 3 heteroatoms. The molecular formula is C13H19N3. The summed E-state index contributed by atoms with van der Waals surface area (Å²) in [6.45, 7) is 6.41. The number of rotatable bonds is 3. The average molecular weight is 217 g/mol. The van der Waals surface area contributed by atoms with Gasteiger partial charge in [-0.1, -0.05) is 13.8 Å². The van der Waals surface area contributed by atoms with E-state index < -0.39 is 0 Å². The molecule has 3 nitrogen and oxygen atoms in total. The molecule has 0 aliphatic rings. The number of aromatic nitrogens is 2. The van der Waals surface area contributed by atoms with Crippen LogP contribution in [0, 0.1) is 5.92 Å². The second kappa shape index (κ2) is 4.26. The highest BCUT2D eigenvalue weighted by atomic mass is 15.0. The Labute approximate surface area is 96.3 Å². The SMILES string of the molecule is CC(C)Cc1ncc2cc(C(C)N)ccn12. The maximum Gasteiger partial charge on any atom is 0.113 e. The number of pyridine rings is 1. The zero-order chi connectivity index (χ0) is 11.7. The van der Waals surface area contributed by atoms with Crippen molar-refractivity contribution in [2.75, 3.05) is 0 Å². The molecule has 16 heavy (non-hydrogen) atoms. The number of hydrogen-bond donors (Lipinski definition) is 1. The normalized spacial score (nSPS) is 13.6. The van der Waals surface area contributed by atoms with Gasteiger partial charge in [-0.15, -0.1) is 0 Å². The molecule has 1 unspecified atom stereocenters. The number of nitrogens with two attached hydrogens (primary N) is 1. The standard InChI is InChI=1S/C13H19N3/c1-9(2)6-13-15-8-12-7-11(10(3)14)4-5-16(12)13/h4-5,7-10H,6,14H2,1-3H3. The van der Waals surface area contributed by atoms with Gasteiger partial charge in [0, 0.05) is 18.7 Å². The van der Waals surface area contributed by atoms with Crippen LogP contribution < -0.4 is 5.73 Å². The zero-order valence-corrected chi connectivity index (χ0v) is 10.1. The molecular weight excluding hydrogens is 198 g/mol. The number of fused-ring (bicyclic) bond motifs is 1. The molecule has 86 valence electrons. The highest BCUT2D eigenvalue weighted by Crippen LogP contribution is 2.16. The van der Waals surface area contributed by atoms with Crippen LogP contribution in [0.5, 0.6) is 0 Å². The van der Waals surface area contributed by atoms with Gasteiger partial charge in [0.05, 0.1) is 11.7 Å². The molecule has 0 saturated heterocycles. The molecule has 0 aliphatic carbocycles. The number of nitrogens with zero attached hydrogens (tertiary/aromatic N) is 2. The first kappa shape index (κ1) is 11.1. The van der Waals surface area contributed by atoms with Gasteiger partial charge in [0.25, 0.3) is 0 Å². The minimum atomic E-state index is 0.0773. The van der Waals surface area contributed by atoms with Crippen LogP contribution in [0.1, 0.15) is 38.2 Å². The molecule has 0 spiro atoms. The van der Waals surface area contributed by atoms with Crippen LogP contribution >= 0.6 is 0 Å². The fourth-order valence-electron chi connectivity index (χ4n) is 1.87. The van der Waals surface area contributed by atoms with Crippen LogP contribution in [0.2, 0.25) is 0 Å². The van der Waals surface area contributed by atoms with Gasteiger partial charge in [0.1, 0.15) is 5.82 Å². The molecule has 2 heterocycles. The van der Waals surface area contributed by atoms with Crippen molar-refractivity contribution in [3.8, 4) is 0 Å². The van der Waals surface area contributed by atoms with E-state index in [9.17, 15) is 0 Å². The third-order valence-electron chi connectivity index (χ3n) is 2.75. The average Bonchev–Trinajstić information content (AvgIpc) is 2.60. The Morgan fingerprint density at radius 3 is 2.75 bits per heavy atom. The monoisotopic (exact) mass is 217 g/mol. The van der Waals surface area contributed by atoms with Crippen molar-refractivity contribution in [3.05, 3.63) is 35.9 Å². The van der Waals surface area contributed by atoms with Gasteiger partial charge in [-0.25, -0.2) is 4.98 Å². The Morgan fingerprint density at radius 1 is 1.38 bits per heavy atom. The third kappa shape index (κ3) is 2.09. The second-order valence-corrected chi connectivity index (χ2v) is 4.82. The summed E-state index contributed by atoms with van der Waals surface area (Å²) in [5.41, 5.74) is 8.15. The van der Waals surface area contributed by atoms with Gasteiger partial charge >= 0.3 is 0 Å². The summed E-state index contributed by atoms with van der Waals surface area (Å²) in [7, 11) is 0. The Kier molecular flexibility index (Phi) is 2.97. The molecule has 2 rings (SSSR count). The molecule has 0 bridgehead atoms. The van der Waals surface area contributed by atoms with Crippen molar-refractivity contribution in [2.45, 2.75) is 33.2 Å². The quantitative estimate of drug-likeness (QED) is 0.858. The van der Waals surface area contributed by atoms with Crippen molar-refractivity contribution in [1.82, 2.24) is 9.38 Å². The lowest BCUT2D eigenvalue weighted by molar-refractivity contribution is 0.619. The predicted molar refractivity (Wildman–Crippen MR) is 66.3 cm³/mol. The van der Waals surface area contributed by atoms with Gasteiger partial charge in [-0.3, -0.25) is 0 Å². The number of hydrogen-bond acceptors (Lipinski definition) is 2. The summed E-state index contributed by atoms with van der Waals surface area (Å²) in [5.74, 6) is 1.75. The van der Waals surface area contributed by atoms with Gasteiger partial charge < -0.3 is 10.1 Å². The Bertz CT molecular complexity index is 483. The van der Waals surface area contributed by atoms with E-state index in [0.29, 0.717) is 5.92 Å². The minimum absolute atomic E-state index is 0.0773. The molecule has 0 aromatic carbocycles. The fourth-order valence-corrected chi connectivity index (χ4v) is 1.87. The molecule has 0 aliphatic heterocycles. The Balaban J connectivity index is 2.42. The first-order valence-corrected chi connectivity index (χ1v) is 5.79. The first-order chi connectivity index (χ1) is 7.58. The van der Waals surface area contributed by atoms with E-state index in [2.05, 4.69) is 41.6 Å². The van der Waals surface area contributed by atoms with E-state index in [-0.39, 0.29) is 6.04 Å². The third-order valence-corrected chi connectivity index (χ3v) is 2.75. The summed E-state index contributed by atoms with van der Waals surface area (Å²) in [6, 6.07) is 4.26. The Morgan fingerprint density at radius 2 is 2.12 bits per heavy atom. The molecule has 0 radical (unpaired) electrons. The topological polar surface area (TPSA) is 43.3 Å². The lowest BCUT2D eigenvalue weighted by Gasteiger charge is -2.07. The first-order valence-electron chi connectivity index (χ1n) is 5.79. The van der Waals surface area contributed by atoms with Crippen LogP contribution in [0.4, 0.5) is 0 Å². The summed E-state index contributed by atoms with van der Waals surface area (Å²) in [4.78, 5) is 4.46. The second-order valence-electron chi connectivity index (χ2n) is 4.82. The van der Waals surface area contributed by atoms with Crippen molar-refractivity contribution in [1.29, 1.82) is 0 Å². The van der Waals surface area contributed by atoms with Gasteiger partial charge in [-0.2, -0.15) is 0 Å². The molecule has 0 amide bonds. The lowest BCUT2D eigenvalue weighted by atomic mass is 10.1. The summed E-state index contributed by atoms with van der Waals surface area (Å²) >= 11 is 0. The largest absolute Gasteiger partial charge is 0.324 e. The van der Waals surface area contributed by atoms with E-state index in [4.69, 9.17) is 5.73 Å². The molecule has 0 fully saturated rings. The van der Waals surface area contributed by atoms with Crippen LogP contribution in [-0.4, -0.2) is 9.38 Å². The predicted octanol–water partition coefficient (Wildman–Crippen LogP) is 2.55. The molecule has 2 aromatic heterocycles. The Hall–Kier alpha value is -1.35. The van der Waals surface area contributed by atoms with Crippen molar-refractivity contribution >= 4 is 5.52 Å². The van der Waals surface area contributed by atoms with Crippen LogP contribution in [0.15, 0.2) is 24.5 Å². The van der Waals surface area contributed by atoms with Gasteiger partial charge in [-0.05, 0) is 30.5 Å². The highest BCUT2D eigenvalue weighted by Gasteiger charge is 2.07. The fraction of sp³-hybridized carbons (Fsp3) is 0.462. The van der Waals surface area contributed by atoms with Crippen molar-refractivity contribution in [3.63, 3.8) is 0 Å². The molecule has 2 aromatic rings. The van der Waals surface area contributed by atoms with Gasteiger partial charge in [0.15, 0.2) is 0 Å². The maximum absolute atomic E-state index is 5.86. The summed E-state index contributed by atoms with van der Waals surface area (Å²) in [6.07, 6.45) is 4.99. The van der Waals surface area contributed by atoms with E-state index in [1.807, 2.05) is 13.1 Å². The van der Waals surface area contributed by atoms with Crippen LogP contribution in [0.3, 0.4) is 0 Å². The van der Waals surface area contributed by atoms with Crippen LogP contribution in [-0.2, 0) is 6.42 Å². The summed E-state index contributed by atoms with van der Waals surface area (Å²) < 4.78 is 2.14. The minimum Gasteiger partial charge on any atom is -0.324 e. The summed E-state index contributed by atoms with van der Waals surface area (Å²) in [5, 5.41) is 0. The molecule has 1 atom stereocenters. The smallest absolute Gasteiger partial charge is 0.113 e. The van der Waals surface area contributed by atoms with Gasteiger partial charge in [0.2, 0.25) is 0 Å². The zero-order valence-electron chi connectivity index (χ0n) is 10.1. The van der Waals surface area contributed by atoms with E-state index in [1.165, 1.54) is 0 Å². The van der Waals surface area contributed by atoms with E-state index in [0.717, 1.165) is 23.3 Å². The lowest BCUT2D eigenvalue weighted by Crippen LogP contribution is -2.06. The molecule has 2 N–H and O–H groups in total. The number of imidazole rings is 1. The van der Waals surface area contributed by atoms with E-state index in [1.54, 1.807) is 0 Å². The molecule has 0 saturated carbocycles.